The van der Waals surface area contributed by atoms with Crippen molar-refractivity contribution >= 4 is 0 Å². The standard InChI is InChI=1S/C16H21F2NO/c1-16(2)14(12-4-3-7-20-15(12)16)19-9-10-8-11(17)5-6-13(10)18/h5-6,8,12,14-15,19H,3-4,7,9H2,1-2H3. The van der Waals surface area contributed by atoms with Crippen LogP contribution in [0.1, 0.15) is 32.3 Å². The van der Waals surface area contributed by atoms with E-state index >= 15 is 0 Å². The Morgan fingerprint density at radius 1 is 1.35 bits per heavy atom. The number of fused-ring (bicyclic) bond motifs is 1. The molecule has 20 heavy (non-hydrogen) atoms. The summed E-state index contributed by atoms with van der Waals surface area (Å²) in [6, 6.07) is 3.90. The largest absolute Gasteiger partial charge is 0.377 e. The van der Waals surface area contributed by atoms with Gasteiger partial charge in [-0.15, -0.1) is 0 Å². The Hall–Kier alpha value is -1.00. The summed E-state index contributed by atoms with van der Waals surface area (Å²) in [5.74, 6) is -0.252. The van der Waals surface area contributed by atoms with Crippen LogP contribution in [0.3, 0.4) is 0 Å². The highest BCUT2D eigenvalue weighted by molar-refractivity contribution is 5.19. The van der Waals surface area contributed by atoms with Crippen molar-refractivity contribution in [2.24, 2.45) is 11.3 Å². The van der Waals surface area contributed by atoms with Gasteiger partial charge in [0.2, 0.25) is 0 Å². The van der Waals surface area contributed by atoms with Crippen molar-refractivity contribution in [2.45, 2.75) is 45.4 Å². The van der Waals surface area contributed by atoms with Gasteiger partial charge in [-0.25, -0.2) is 8.78 Å². The zero-order valence-electron chi connectivity index (χ0n) is 12.0. The number of halogens is 2. The lowest BCUT2D eigenvalue weighted by molar-refractivity contribution is -0.193. The Morgan fingerprint density at radius 2 is 2.15 bits per heavy atom. The van der Waals surface area contributed by atoms with Crippen LogP contribution in [-0.2, 0) is 11.3 Å². The van der Waals surface area contributed by atoms with E-state index in [0.717, 1.165) is 25.5 Å². The normalized spacial score (nSPS) is 31.5. The maximum atomic E-state index is 13.6. The molecule has 0 aromatic heterocycles. The van der Waals surface area contributed by atoms with Crippen LogP contribution < -0.4 is 5.32 Å². The van der Waals surface area contributed by atoms with Crippen LogP contribution in [0.4, 0.5) is 8.78 Å². The number of nitrogens with one attached hydrogen (secondary N) is 1. The van der Waals surface area contributed by atoms with E-state index in [2.05, 4.69) is 19.2 Å². The smallest absolute Gasteiger partial charge is 0.127 e. The fraction of sp³-hybridized carbons (Fsp3) is 0.625. The SMILES string of the molecule is CC1(C)C(NCc2cc(F)ccc2F)C2CCCOC21. The molecule has 1 saturated carbocycles. The van der Waals surface area contributed by atoms with E-state index in [4.69, 9.17) is 4.74 Å². The van der Waals surface area contributed by atoms with E-state index in [1.165, 1.54) is 12.1 Å². The van der Waals surface area contributed by atoms with Gasteiger partial charge in [0.1, 0.15) is 11.6 Å². The lowest BCUT2D eigenvalue weighted by Gasteiger charge is -2.60. The van der Waals surface area contributed by atoms with Gasteiger partial charge in [-0.2, -0.15) is 0 Å². The second-order valence-electron chi connectivity index (χ2n) is 6.51. The van der Waals surface area contributed by atoms with Crippen LogP contribution in [0.5, 0.6) is 0 Å². The van der Waals surface area contributed by atoms with Crippen molar-refractivity contribution in [3.05, 3.63) is 35.4 Å². The Morgan fingerprint density at radius 3 is 2.95 bits per heavy atom. The maximum absolute atomic E-state index is 13.6. The Balaban J connectivity index is 1.67. The number of hydrogen-bond acceptors (Lipinski definition) is 2. The van der Waals surface area contributed by atoms with E-state index in [1.54, 1.807) is 0 Å². The fourth-order valence-corrected chi connectivity index (χ4v) is 3.84. The van der Waals surface area contributed by atoms with Gasteiger partial charge in [0.05, 0.1) is 6.10 Å². The lowest BCUT2D eigenvalue weighted by atomic mass is 9.55. The first kappa shape index (κ1) is 14.0. The van der Waals surface area contributed by atoms with Crippen molar-refractivity contribution in [1.82, 2.24) is 5.32 Å². The predicted molar refractivity (Wildman–Crippen MR) is 73.2 cm³/mol. The molecule has 2 fully saturated rings. The molecule has 3 atom stereocenters. The van der Waals surface area contributed by atoms with Crippen LogP contribution in [-0.4, -0.2) is 18.8 Å². The van der Waals surface area contributed by atoms with E-state index in [-0.39, 0.29) is 11.2 Å². The quantitative estimate of drug-likeness (QED) is 0.918. The van der Waals surface area contributed by atoms with Gasteiger partial charge >= 0.3 is 0 Å². The number of benzene rings is 1. The molecular formula is C16H21F2NO. The zero-order chi connectivity index (χ0) is 14.3. The molecule has 1 N–H and O–H groups in total. The van der Waals surface area contributed by atoms with Crippen LogP contribution in [0.15, 0.2) is 18.2 Å². The molecule has 3 rings (SSSR count). The molecule has 0 amide bonds. The van der Waals surface area contributed by atoms with Gasteiger partial charge < -0.3 is 10.1 Å². The summed E-state index contributed by atoms with van der Waals surface area (Å²) in [5, 5.41) is 3.41. The molecule has 1 heterocycles. The third kappa shape index (κ3) is 2.25. The molecule has 1 saturated heterocycles. The maximum Gasteiger partial charge on any atom is 0.127 e. The van der Waals surface area contributed by atoms with Gasteiger partial charge in [0, 0.05) is 36.1 Å². The summed E-state index contributed by atoms with van der Waals surface area (Å²) < 4.78 is 32.7. The molecule has 1 aromatic rings. The minimum absolute atomic E-state index is 0.0505. The van der Waals surface area contributed by atoms with Crippen molar-refractivity contribution < 1.29 is 13.5 Å². The molecule has 0 spiro atoms. The molecule has 1 aromatic carbocycles. The minimum atomic E-state index is -0.394. The van der Waals surface area contributed by atoms with Crippen LogP contribution in [0.25, 0.3) is 0 Å². The fourth-order valence-electron chi connectivity index (χ4n) is 3.84. The van der Waals surface area contributed by atoms with Crippen LogP contribution in [0.2, 0.25) is 0 Å². The first-order valence-corrected chi connectivity index (χ1v) is 7.29. The van der Waals surface area contributed by atoms with Crippen LogP contribution >= 0.6 is 0 Å². The predicted octanol–water partition coefficient (Wildman–Crippen LogP) is 3.26. The Kier molecular flexibility index (Phi) is 3.55. The monoisotopic (exact) mass is 281 g/mol. The van der Waals surface area contributed by atoms with Crippen molar-refractivity contribution in [3.8, 4) is 0 Å². The van der Waals surface area contributed by atoms with Crippen molar-refractivity contribution in [1.29, 1.82) is 0 Å². The summed E-state index contributed by atoms with van der Waals surface area (Å²) in [7, 11) is 0. The molecule has 4 heteroatoms. The molecule has 3 unspecified atom stereocenters. The molecule has 1 aliphatic heterocycles. The van der Waals surface area contributed by atoms with Gasteiger partial charge in [-0.3, -0.25) is 0 Å². The number of ether oxygens (including phenoxy) is 1. The summed E-state index contributed by atoms with van der Waals surface area (Å²) >= 11 is 0. The topological polar surface area (TPSA) is 21.3 Å². The second kappa shape index (κ2) is 5.08. The third-order valence-corrected chi connectivity index (χ3v) is 4.85. The molecule has 0 bridgehead atoms. The highest BCUT2D eigenvalue weighted by Crippen LogP contribution is 2.51. The third-order valence-electron chi connectivity index (χ3n) is 4.85. The second-order valence-corrected chi connectivity index (χ2v) is 6.51. The van der Waals surface area contributed by atoms with E-state index in [1.807, 2.05) is 0 Å². The van der Waals surface area contributed by atoms with Crippen molar-refractivity contribution in [3.63, 3.8) is 0 Å². The van der Waals surface area contributed by atoms with Crippen molar-refractivity contribution in [2.75, 3.05) is 6.61 Å². The van der Waals surface area contributed by atoms with E-state index < -0.39 is 5.82 Å². The Bertz CT molecular complexity index is 503. The summed E-state index contributed by atoms with van der Waals surface area (Å²) in [6.45, 7) is 5.56. The Labute approximate surface area is 118 Å². The summed E-state index contributed by atoms with van der Waals surface area (Å²) in [4.78, 5) is 0. The molecule has 0 radical (unpaired) electrons. The minimum Gasteiger partial charge on any atom is -0.377 e. The zero-order valence-corrected chi connectivity index (χ0v) is 12.0. The highest BCUT2D eigenvalue weighted by Gasteiger charge is 2.57. The molecule has 1 aliphatic carbocycles. The van der Waals surface area contributed by atoms with Gasteiger partial charge in [0.15, 0.2) is 0 Å². The average molecular weight is 281 g/mol. The first-order valence-electron chi connectivity index (χ1n) is 7.29. The molecular weight excluding hydrogens is 260 g/mol. The highest BCUT2D eigenvalue weighted by atomic mass is 19.1. The molecule has 2 nitrogen and oxygen atoms in total. The van der Waals surface area contributed by atoms with E-state index in [0.29, 0.717) is 30.2 Å². The van der Waals surface area contributed by atoms with Crippen LogP contribution in [0, 0.1) is 23.0 Å². The summed E-state index contributed by atoms with van der Waals surface area (Å²) in [6.07, 6.45) is 2.53. The van der Waals surface area contributed by atoms with E-state index in [9.17, 15) is 8.78 Å². The van der Waals surface area contributed by atoms with Gasteiger partial charge in [-0.1, -0.05) is 13.8 Å². The van der Waals surface area contributed by atoms with Gasteiger partial charge in [0.25, 0.3) is 0 Å². The number of rotatable bonds is 3. The van der Waals surface area contributed by atoms with Gasteiger partial charge in [-0.05, 0) is 31.0 Å². The summed E-state index contributed by atoms with van der Waals surface area (Å²) in [5.41, 5.74) is 0.440. The molecule has 110 valence electrons. The number of hydrogen-bond donors (Lipinski definition) is 1. The molecule has 2 aliphatic rings. The average Bonchev–Trinajstić information content (AvgIpc) is 2.42. The first-order chi connectivity index (χ1) is 9.50. The lowest BCUT2D eigenvalue weighted by Crippen LogP contribution is -2.69.